The molecule has 3 rings (SSSR count). The van der Waals surface area contributed by atoms with Crippen LogP contribution < -0.4 is 10.9 Å². The van der Waals surface area contributed by atoms with E-state index in [1.54, 1.807) is 42.5 Å². The topological polar surface area (TPSA) is 110 Å². The first kappa shape index (κ1) is 15.6. The molecule has 0 aliphatic carbocycles. The molecule has 0 amide bonds. The number of fused-ring (bicyclic) bond motifs is 1. The van der Waals surface area contributed by atoms with E-state index in [1.165, 1.54) is 6.20 Å². The molecule has 2 aromatic heterocycles. The van der Waals surface area contributed by atoms with Gasteiger partial charge in [0.05, 0.1) is 11.5 Å². The van der Waals surface area contributed by atoms with Gasteiger partial charge in [0.25, 0.3) is 0 Å². The first-order chi connectivity index (χ1) is 11.6. The molecule has 0 saturated heterocycles. The summed E-state index contributed by atoms with van der Waals surface area (Å²) in [6.45, 7) is 0.0563. The van der Waals surface area contributed by atoms with Crippen molar-refractivity contribution in [2.45, 2.75) is 13.2 Å². The molecule has 8 heteroatoms. The van der Waals surface area contributed by atoms with Gasteiger partial charge in [-0.15, -0.1) is 0 Å². The minimum atomic E-state index is -0.747. The number of aromatic nitrogens is 2. The molecule has 24 heavy (non-hydrogen) atoms. The third kappa shape index (κ3) is 2.82. The van der Waals surface area contributed by atoms with Crippen LogP contribution in [-0.4, -0.2) is 19.4 Å². The van der Waals surface area contributed by atoms with Gasteiger partial charge in [0, 0.05) is 12.7 Å². The van der Waals surface area contributed by atoms with Crippen molar-refractivity contribution in [3.05, 3.63) is 80.3 Å². The maximum absolute atomic E-state index is 12.3. The molecule has 0 spiro atoms. The van der Waals surface area contributed by atoms with Crippen LogP contribution in [0.25, 0.3) is 5.65 Å². The Morgan fingerprint density at radius 3 is 2.58 bits per heavy atom. The maximum atomic E-state index is 12.3. The smallest absolute Gasteiger partial charge is 0.376 e. The summed E-state index contributed by atoms with van der Waals surface area (Å²) in [6, 6.07) is 12.0. The molecule has 0 fully saturated rings. The van der Waals surface area contributed by atoms with Crippen LogP contribution in [0.5, 0.6) is 0 Å². The van der Waals surface area contributed by atoms with Crippen molar-refractivity contribution >= 4 is 17.2 Å². The van der Waals surface area contributed by atoms with Gasteiger partial charge in [-0.3, -0.25) is 19.3 Å². The molecule has 0 saturated carbocycles. The normalized spacial score (nSPS) is 10.7. The maximum Gasteiger partial charge on any atom is 0.376 e. The van der Waals surface area contributed by atoms with E-state index >= 15 is 0 Å². The van der Waals surface area contributed by atoms with Crippen LogP contribution in [-0.2, 0) is 13.2 Å². The van der Waals surface area contributed by atoms with Crippen LogP contribution in [0.3, 0.4) is 0 Å². The average molecular weight is 326 g/mol. The number of aliphatic hydroxyl groups is 1. The van der Waals surface area contributed by atoms with E-state index in [1.807, 2.05) is 0 Å². The van der Waals surface area contributed by atoms with Gasteiger partial charge in [-0.1, -0.05) is 30.3 Å². The Kier molecular flexibility index (Phi) is 4.21. The predicted molar refractivity (Wildman–Crippen MR) is 87.8 cm³/mol. The molecule has 2 N–H and O–H groups in total. The Morgan fingerprint density at radius 1 is 1.17 bits per heavy atom. The van der Waals surface area contributed by atoms with E-state index in [9.17, 15) is 20.0 Å². The first-order valence-corrected chi connectivity index (χ1v) is 7.19. The van der Waals surface area contributed by atoms with E-state index in [2.05, 4.69) is 10.3 Å². The number of anilines is 1. The zero-order chi connectivity index (χ0) is 17.1. The lowest BCUT2D eigenvalue weighted by atomic mass is 10.1. The van der Waals surface area contributed by atoms with E-state index in [-0.39, 0.29) is 19.0 Å². The van der Waals surface area contributed by atoms with Gasteiger partial charge in [0.15, 0.2) is 0 Å². The molecule has 0 atom stereocenters. The van der Waals surface area contributed by atoms with Gasteiger partial charge in [0.1, 0.15) is 5.65 Å². The minimum absolute atomic E-state index is 0.0936. The largest absolute Gasteiger partial charge is 0.392 e. The fraction of sp³-hybridized carbons (Fsp3) is 0.125. The summed E-state index contributed by atoms with van der Waals surface area (Å²) < 4.78 is 1.13. The summed E-state index contributed by atoms with van der Waals surface area (Å²) in [5.74, 6) is -0.0936. The second-order valence-corrected chi connectivity index (χ2v) is 5.08. The lowest BCUT2D eigenvalue weighted by Gasteiger charge is -2.10. The standard InChI is InChI=1S/C16H14N4O4/c21-10-12-6-2-1-5-11(12)9-17-15-14(20(23)24)16(22)19-8-4-3-7-13(19)18-15/h1-8,17,21H,9-10H2. The molecule has 3 aromatic rings. The van der Waals surface area contributed by atoms with Crippen molar-refractivity contribution in [1.82, 2.24) is 9.38 Å². The molecule has 0 aliphatic rings. The molecule has 1 aromatic carbocycles. The lowest BCUT2D eigenvalue weighted by molar-refractivity contribution is -0.385. The highest BCUT2D eigenvalue weighted by atomic mass is 16.6. The number of nitro groups is 1. The van der Waals surface area contributed by atoms with Crippen molar-refractivity contribution in [2.24, 2.45) is 0 Å². The second kappa shape index (κ2) is 6.47. The fourth-order valence-corrected chi connectivity index (χ4v) is 2.43. The molecule has 8 nitrogen and oxygen atoms in total. The average Bonchev–Trinajstić information content (AvgIpc) is 2.60. The first-order valence-electron chi connectivity index (χ1n) is 7.19. The van der Waals surface area contributed by atoms with Crippen LogP contribution in [0.2, 0.25) is 0 Å². The van der Waals surface area contributed by atoms with Crippen LogP contribution in [0.15, 0.2) is 53.5 Å². The Morgan fingerprint density at radius 2 is 1.88 bits per heavy atom. The van der Waals surface area contributed by atoms with Crippen molar-refractivity contribution in [2.75, 3.05) is 5.32 Å². The van der Waals surface area contributed by atoms with Crippen LogP contribution >= 0.6 is 0 Å². The van der Waals surface area contributed by atoms with Crippen molar-refractivity contribution in [3.63, 3.8) is 0 Å². The quantitative estimate of drug-likeness (QED) is 0.545. The van der Waals surface area contributed by atoms with E-state index in [4.69, 9.17) is 0 Å². The number of aliphatic hydroxyl groups excluding tert-OH is 1. The number of rotatable bonds is 5. The third-order valence-electron chi connectivity index (χ3n) is 3.63. The van der Waals surface area contributed by atoms with Gasteiger partial charge in [-0.05, 0) is 23.3 Å². The van der Waals surface area contributed by atoms with Crippen LogP contribution in [0, 0.1) is 10.1 Å². The predicted octanol–water partition coefficient (Wildman–Crippen LogP) is 1.71. The van der Waals surface area contributed by atoms with Crippen molar-refractivity contribution in [1.29, 1.82) is 0 Å². The van der Waals surface area contributed by atoms with Crippen LogP contribution in [0.1, 0.15) is 11.1 Å². The summed E-state index contributed by atoms with van der Waals surface area (Å²) in [7, 11) is 0. The lowest BCUT2D eigenvalue weighted by Crippen LogP contribution is -2.21. The van der Waals surface area contributed by atoms with Gasteiger partial charge >= 0.3 is 11.2 Å². The van der Waals surface area contributed by atoms with Gasteiger partial charge < -0.3 is 10.4 Å². The molecular formula is C16H14N4O4. The molecule has 122 valence electrons. The summed E-state index contributed by atoms with van der Waals surface area (Å²) >= 11 is 0. The third-order valence-corrected chi connectivity index (χ3v) is 3.63. The monoisotopic (exact) mass is 326 g/mol. The molecule has 0 unspecified atom stereocenters. The summed E-state index contributed by atoms with van der Waals surface area (Å²) in [6.07, 6.45) is 1.43. The number of benzene rings is 1. The summed E-state index contributed by atoms with van der Waals surface area (Å²) in [4.78, 5) is 27.1. The number of hydrogen-bond donors (Lipinski definition) is 2. The van der Waals surface area contributed by atoms with Gasteiger partial charge in [-0.2, -0.15) is 0 Å². The number of nitrogens with one attached hydrogen (secondary N) is 1. The van der Waals surface area contributed by atoms with Crippen molar-refractivity contribution in [3.8, 4) is 0 Å². The Labute approximate surface area is 136 Å². The van der Waals surface area contributed by atoms with E-state index in [0.717, 1.165) is 9.96 Å². The molecule has 0 radical (unpaired) electrons. The van der Waals surface area contributed by atoms with E-state index < -0.39 is 16.2 Å². The Bertz CT molecular complexity index is 968. The Balaban J connectivity index is 2.04. The van der Waals surface area contributed by atoms with Gasteiger partial charge in [-0.25, -0.2) is 4.98 Å². The highest BCUT2D eigenvalue weighted by molar-refractivity contribution is 5.60. The summed E-state index contributed by atoms with van der Waals surface area (Å²) in [5.41, 5.74) is 0.421. The van der Waals surface area contributed by atoms with Crippen LogP contribution in [0.4, 0.5) is 11.5 Å². The molecular weight excluding hydrogens is 312 g/mol. The summed E-state index contributed by atoms with van der Waals surface area (Å²) in [5, 5.41) is 23.5. The van der Waals surface area contributed by atoms with Crippen molar-refractivity contribution < 1.29 is 10.0 Å². The SMILES string of the molecule is O=c1c([N+](=O)[O-])c(NCc2ccccc2CO)nc2ccccn12. The number of pyridine rings is 1. The highest BCUT2D eigenvalue weighted by Crippen LogP contribution is 2.19. The molecule has 0 aliphatic heterocycles. The second-order valence-electron chi connectivity index (χ2n) is 5.08. The number of nitrogens with zero attached hydrogens (tertiary/aromatic N) is 3. The molecule has 0 bridgehead atoms. The number of hydrogen-bond acceptors (Lipinski definition) is 6. The van der Waals surface area contributed by atoms with E-state index in [0.29, 0.717) is 11.2 Å². The fourth-order valence-electron chi connectivity index (χ4n) is 2.43. The Hall–Kier alpha value is -3.26. The van der Waals surface area contributed by atoms with Gasteiger partial charge in [0.2, 0.25) is 5.82 Å². The zero-order valence-corrected chi connectivity index (χ0v) is 12.5. The highest BCUT2D eigenvalue weighted by Gasteiger charge is 2.23. The minimum Gasteiger partial charge on any atom is -0.392 e. The zero-order valence-electron chi connectivity index (χ0n) is 12.5. The molecule has 2 heterocycles.